The Morgan fingerprint density at radius 2 is 2.21 bits per heavy atom. The highest BCUT2D eigenvalue weighted by molar-refractivity contribution is 7.46. The maximum absolute atomic E-state index is 14.4. The molecule has 5 N–H and O–H groups in total. The largest absolute Gasteiger partial charge is 0.469 e. The van der Waals surface area contributed by atoms with Gasteiger partial charge in [-0.15, -0.1) is 0 Å². The standard InChI is InChI=1S/C10H12ClFN5O6P/c11-10-15-7(13)5-8(16-10)17(2-14-5)9-4(12)6(18)3(23-9)1-22-24(19,20)21/h2-4,6,9,18H,1H2,(H2,13,15,16)(H2,19,20,21)/t3-,4+,6-,9-/m1/s1. The second-order valence-corrected chi connectivity index (χ2v) is 6.57. The van der Waals surface area contributed by atoms with Crippen LogP contribution >= 0.6 is 19.4 Å². The van der Waals surface area contributed by atoms with Crippen LogP contribution in [0.2, 0.25) is 5.28 Å². The van der Waals surface area contributed by atoms with E-state index in [0.717, 1.165) is 4.57 Å². The fraction of sp³-hybridized carbons (Fsp3) is 0.500. The number of rotatable bonds is 4. The Bertz CT molecular complexity index is 816. The molecule has 1 fully saturated rings. The summed E-state index contributed by atoms with van der Waals surface area (Å²) < 4.78 is 35.8. The number of phosphoric acid groups is 1. The van der Waals surface area contributed by atoms with Gasteiger partial charge in [-0.05, 0) is 11.6 Å². The Morgan fingerprint density at radius 3 is 2.88 bits per heavy atom. The first kappa shape index (κ1) is 17.4. The molecule has 0 amide bonds. The summed E-state index contributed by atoms with van der Waals surface area (Å²) in [7, 11) is -4.78. The first-order valence-electron chi connectivity index (χ1n) is 6.50. The molecule has 4 atom stereocenters. The van der Waals surface area contributed by atoms with Crippen LogP contribution in [0.5, 0.6) is 0 Å². The molecule has 1 aliphatic rings. The minimum Gasteiger partial charge on any atom is -0.387 e. The van der Waals surface area contributed by atoms with Crippen molar-refractivity contribution >= 4 is 36.4 Å². The molecule has 0 aliphatic carbocycles. The molecule has 0 bridgehead atoms. The van der Waals surface area contributed by atoms with E-state index in [1.807, 2.05) is 0 Å². The molecule has 2 aromatic rings. The van der Waals surface area contributed by atoms with Crippen molar-refractivity contribution in [3.63, 3.8) is 0 Å². The normalized spacial score (nSPS) is 27.9. The van der Waals surface area contributed by atoms with E-state index >= 15 is 0 Å². The van der Waals surface area contributed by atoms with Gasteiger partial charge in [0.15, 0.2) is 23.9 Å². The number of nitrogen functional groups attached to an aromatic ring is 1. The van der Waals surface area contributed by atoms with Crippen LogP contribution in [0.3, 0.4) is 0 Å². The van der Waals surface area contributed by atoms with Crippen molar-refractivity contribution in [2.75, 3.05) is 12.3 Å². The van der Waals surface area contributed by atoms with Gasteiger partial charge in [0.05, 0.1) is 12.9 Å². The number of anilines is 1. The first-order valence-corrected chi connectivity index (χ1v) is 8.41. The zero-order chi connectivity index (χ0) is 17.6. The quantitative estimate of drug-likeness (QED) is 0.409. The first-order chi connectivity index (χ1) is 11.2. The second kappa shape index (κ2) is 6.15. The van der Waals surface area contributed by atoms with Crippen LogP contribution in [-0.4, -0.2) is 59.4 Å². The third kappa shape index (κ3) is 3.22. The average Bonchev–Trinajstić information content (AvgIpc) is 3.00. The number of ether oxygens (including phenoxy) is 1. The Morgan fingerprint density at radius 1 is 1.50 bits per heavy atom. The van der Waals surface area contributed by atoms with Crippen molar-refractivity contribution < 1.29 is 33.1 Å². The smallest absolute Gasteiger partial charge is 0.387 e. The predicted molar refractivity (Wildman–Crippen MR) is 77.6 cm³/mol. The molecule has 11 nitrogen and oxygen atoms in total. The molecule has 1 saturated heterocycles. The lowest BCUT2D eigenvalue weighted by molar-refractivity contribution is -0.0451. The van der Waals surface area contributed by atoms with Crippen molar-refractivity contribution in [3.8, 4) is 0 Å². The third-order valence-corrected chi connectivity index (χ3v) is 4.05. The summed E-state index contributed by atoms with van der Waals surface area (Å²) in [6.07, 6.45) is -5.08. The third-order valence-electron chi connectivity index (χ3n) is 3.40. The molecule has 24 heavy (non-hydrogen) atoms. The molecule has 3 rings (SSSR count). The van der Waals surface area contributed by atoms with E-state index in [2.05, 4.69) is 19.5 Å². The number of phosphoric ester groups is 1. The highest BCUT2D eigenvalue weighted by Gasteiger charge is 2.46. The molecule has 0 spiro atoms. The monoisotopic (exact) mass is 383 g/mol. The second-order valence-electron chi connectivity index (χ2n) is 4.99. The molecule has 0 aromatic carbocycles. The molecule has 3 heterocycles. The molecule has 2 aromatic heterocycles. The average molecular weight is 384 g/mol. The van der Waals surface area contributed by atoms with E-state index in [1.165, 1.54) is 6.33 Å². The lowest BCUT2D eigenvalue weighted by Crippen LogP contribution is -2.31. The number of aromatic nitrogens is 4. The number of alkyl halides is 1. The number of aliphatic hydroxyl groups excluding tert-OH is 1. The molecule has 0 unspecified atom stereocenters. The van der Waals surface area contributed by atoms with Gasteiger partial charge in [0.1, 0.15) is 17.7 Å². The summed E-state index contributed by atoms with van der Waals surface area (Å²) in [5, 5.41) is 9.67. The number of nitrogens with zero attached hydrogens (tertiary/aromatic N) is 4. The number of halogens is 2. The van der Waals surface area contributed by atoms with Gasteiger partial charge in [-0.3, -0.25) is 9.09 Å². The minimum absolute atomic E-state index is 0.0147. The molecular weight excluding hydrogens is 372 g/mol. The van der Waals surface area contributed by atoms with Gasteiger partial charge in [-0.1, -0.05) is 0 Å². The van der Waals surface area contributed by atoms with Crippen LogP contribution in [0, 0.1) is 0 Å². The Balaban J connectivity index is 1.89. The van der Waals surface area contributed by atoms with E-state index in [-0.39, 0.29) is 22.3 Å². The number of fused-ring (bicyclic) bond motifs is 1. The van der Waals surface area contributed by atoms with Crippen molar-refractivity contribution in [1.82, 2.24) is 19.5 Å². The van der Waals surface area contributed by atoms with Crippen LogP contribution in [-0.2, 0) is 13.8 Å². The van der Waals surface area contributed by atoms with Gasteiger partial charge in [0.25, 0.3) is 0 Å². The highest BCUT2D eigenvalue weighted by Crippen LogP contribution is 2.39. The predicted octanol–water partition coefficient (Wildman–Crippen LogP) is -0.232. The Labute approximate surface area is 138 Å². The van der Waals surface area contributed by atoms with Crippen molar-refractivity contribution in [2.24, 2.45) is 0 Å². The Kier molecular flexibility index (Phi) is 4.47. The molecule has 14 heteroatoms. The highest BCUT2D eigenvalue weighted by atomic mass is 35.5. The fourth-order valence-electron chi connectivity index (χ4n) is 2.33. The van der Waals surface area contributed by atoms with Crippen LogP contribution in [0.4, 0.5) is 10.2 Å². The van der Waals surface area contributed by atoms with Crippen molar-refractivity contribution in [1.29, 1.82) is 0 Å². The maximum Gasteiger partial charge on any atom is 0.469 e. The van der Waals surface area contributed by atoms with Crippen molar-refractivity contribution in [3.05, 3.63) is 11.6 Å². The van der Waals surface area contributed by atoms with E-state index < -0.39 is 39.0 Å². The zero-order valence-electron chi connectivity index (χ0n) is 11.7. The van der Waals surface area contributed by atoms with E-state index in [1.54, 1.807) is 0 Å². The lowest BCUT2D eigenvalue weighted by atomic mass is 10.1. The van der Waals surface area contributed by atoms with Gasteiger partial charge in [-0.25, -0.2) is 13.9 Å². The topological polar surface area (TPSA) is 166 Å². The summed E-state index contributed by atoms with van der Waals surface area (Å²) in [4.78, 5) is 28.9. The van der Waals surface area contributed by atoms with Crippen molar-refractivity contribution in [2.45, 2.75) is 24.6 Å². The molecular formula is C10H12ClFN5O6P. The van der Waals surface area contributed by atoms with Gasteiger partial charge >= 0.3 is 7.82 Å². The maximum atomic E-state index is 14.4. The van der Waals surface area contributed by atoms with Gasteiger partial charge in [0, 0.05) is 0 Å². The van der Waals surface area contributed by atoms with Gasteiger partial charge < -0.3 is 25.4 Å². The van der Waals surface area contributed by atoms with Crippen LogP contribution < -0.4 is 5.73 Å². The lowest BCUT2D eigenvalue weighted by Gasteiger charge is -2.15. The molecule has 1 aliphatic heterocycles. The number of nitrogens with two attached hydrogens (primary N) is 1. The SMILES string of the molecule is Nc1nc(Cl)nc2c1ncn2[C@@H]1O[C@H](COP(=O)(O)O)[C@@H](O)[C@@H]1F. The molecule has 0 saturated carbocycles. The van der Waals surface area contributed by atoms with Crippen LogP contribution in [0.15, 0.2) is 6.33 Å². The summed E-state index contributed by atoms with van der Waals surface area (Å²) >= 11 is 5.72. The number of imidazole rings is 1. The van der Waals surface area contributed by atoms with Crippen LogP contribution in [0.1, 0.15) is 6.23 Å². The van der Waals surface area contributed by atoms with Gasteiger partial charge in [0.2, 0.25) is 5.28 Å². The molecule has 132 valence electrons. The summed E-state index contributed by atoms with van der Waals surface area (Å²) in [6.45, 7) is -0.702. The minimum atomic E-state index is -4.78. The number of aliphatic hydroxyl groups is 1. The summed E-state index contributed by atoms with van der Waals surface area (Å²) in [5.74, 6) is -0.0147. The van der Waals surface area contributed by atoms with E-state index in [9.17, 15) is 14.1 Å². The number of hydrogen-bond acceptors (Lipinski definition) is 8. The fourth-order valence-corrected chi connectivity index (χ4v) is 2.84. The molecule has 0 radical (unpaired) electrons. The Hall–Kier alpha value is -1.40. The van der Waals surface area contributed by atoms with E-state index in [0.29, 0.717) is 0 Å². The van der Waals surface area contributed by atoms with Crippen LogP contribution in [0.25, 0.3) is 11.2 Å². The summed E-state index contributed by atoms with van der Waals surface area (Å²) in [6, 6.07) is 0. The zero-order valence-corrected chi connectivity index (χ0v) is 13.4. The van der Waals surface area contributed by atoms with Gasteiger partial charge in [-0.2, -0.15) is 9.97 Å². The number of hydrogen-bond donors (Lipinski definition) is 4. The van der Waals surface area contributed by atoms with E-state index in [4.69, 9.17) is 31.9 Å². The summed E-state index contributed by atoms with van der Waals surface area (Å²) in [5.41, 5.74) is 5.91.